The summed E-state index contributed by atoms with van der Waals surface area (Å²) in [6.07, 6.45) is 0.829. The maximum Gasteiger partial charge on any atom is 0.314 e. The molecule has 3 N–H and O–H groups in total. The molecule has 3 rings (SSSR count). The number of hydrogen-bond acceptors (Lipinski definition) is 4. The summed E-state index contributed by atoms with van der Waals surface area (Å²) in [5, 5.41) is 10.1. The summed E-state index contributed by atoms with van der Waals surface area (Å²) in [6, 6.07) is 9.62. The van der Waals surface area contributed by atoms with Crippen LogP contribution in [0.15, 0.2) is 30.3 Å². The summed E-state index contributed by atoms with van der Waals surface area (Å²) < 4.78 is 1.71. The summed E-state index contributed by atoms with van der Waals surface area (Å²) in [7, 11) is 4.11. The first-order valence-electron chi connectivity index (χ1n) is 8.68. The second-order valence-electron chi connectivity index (χ2n) is 6.53. The number of hydrogen-bond donors (Lipinski definition) is 3. The number of para-hydroxylation sites is 1. The fourth-order valence-corrected chi connectivity index (χ4v) is 3.82. The molecule has 0 atom stereocenters. The Labute approximate surface area is 157 Å². The summed E-state index contributed by atoms with van der Waals surface area (Å²) >= 11 is 1.75. The molecule has 2 aromatic rings. The highest BCUT2D eigenvalue weighted by Crippen LogP contribution is 2.35. The van der Waals surface area contributed by atoms with Crippen molar-refractivity contribution in [1.29, 1.82) is 0 Å². The van der Waals surface area contributed by atoms with Crippen LogP contribution in [0.1, 0.15) is 17.7 Å². The average Bonchev–Trinajstić information content (AvgIpc) is 3.21. The molecule has 0 fully saturated rings. The molecule has 26 heavy (non-hydrogen) atoms. The third kappa shape index (κ3) is 4.25. The van der Waals surface area contributed by atoms with E-state index in [0.717, 1.165) is 41.4 Å². The molecule has 2 amide bonds. The van der Waals surface area contributed by atoms with Gasteiger partial charge in [0.05, 0.1) is 32.0 Å². The first kappa shape index (κ1) is 18.5. The van der Waals surface area contributed by atoms with E-state index in [9.17, 15) is 9.59 Å². The molecule has 7 nitrogen and oxygen atoms in total. The molecule has 0 saturated heterocycles. The van der Waals surface area contributed by atoms with E-state index >= 15 is 0 Å². The molecule has 2 heterocycles. The number of nitrogens with zero attached hydrogens (tertiary/aromatic N) is 2. The van der Waals surface area contributed by atoms with Gasteiger partial charge in [0.15, 0.2) is 0 Å². The van der Waals surface area contributed by atoms with E-state index in [2.05, 4.69) is 29.8 Å². The number of nitrogens with one attached hydrogen (secondary N) is 3. The van der Waals surface area contributed by atoms with Gasteiger partial charge in [-0.2, -0.15) is 16.9 Å². The van der Waals surface area contributed by atoms with Crippen LogP contribution in [-0.2, 0) is 21.1 Å². The largest absolute Gasteiger partial charge is 0.348 e. The van der Waals surface area contributed by atoms with Crippen molar-refractivity contribution in [1.82, 2.24) is 15.1 Å². The van der Waals surface area contributed by atoms with Gasteiger partial charge < -0.3 is 15.5 Å². The van der Waals surface area contributed by atoms with Crippen LogP contribution in [-0.4, -0.2) is 48.8 Å². The molecule has 0 bridgehead atoms. The predicted molar refractivity (Wildman–Crippen MR) is 102 cm³/mol. The van der Waals surface area contributed by atoms with E-state index in [1.54, 1.807) is 16.4 Å². The molecule has 1 aliphatic rings. The van der Waals surface area contributed by atoms with E-state index < -0.39 is 11.8 Å². The monoisotopic (exact) mass is 374 g/mol. The number of amides is 2. The molecule has 0 radical (unpaired) electrons. The van der Waals surface area contributed by atoms with Crippen LogP contribution in [0.2, 0.25) is 0 Å². The van der Waals surface area contributed by atoms with Crippen molar-refractivity contribution < 1.29 is 14.5 Å². The number of fused-ring (bicyclic) bond motifs is 1. The molecule has 138 valence electrons. The van der Waals surface area contributed by atoms with Gasteiger partial charge in [-0.25, -0.2) is 4.68 Å². The van der Waals surface area contributed by atoms with Crippen molar-refractivity contribution in [2.75, 3.05) is 32.5 Å². The highest BCUT2D eigenvalue weighted by Gasteiger charge is 2.26. The van der Waals surface area contributed by atoms with Crippen molar-refractivity contribution in [2.45, 2.75) is 17.9 Å². The lowest BCUT2D eigenvalue weighted by atomic mass is 10.2. The van der Waals surface area contributed by atoms with Gasteiger partial charge in [-0.3, -0.25) is 9.59 Å². The Morgan fingerprint density at radius 1 is 1.19 bits per heavy atom. The lowest BCUT2D eigenvalue weighted by molar-refractivity contribution is -0.858. The van der Waals surface area contributed by atoms with Crippen molar-refractivity contribution in [3.8, 4) is 5.69 Å². The smallest absolute Gasteiger partial charge is 0.314 e. The number of thioether (sulfide) groups is 1. The summed E-state index contributed by atoms with van der Waals surface area (Å²) in [6.45, 7) is 1.43. The number of carbonyl (C=O) groups excluding carboxylic acids is 2. The van der Waals surface area contributed by atoms with Crippen LogP contribution in [0.5, 0.6) is 0 Å². The Bertz CT molecular complexity index is 788. The zero-order chi connectivity index (χ0) is 18.5. The Hall–Kier alpha value is -2.32. The summed E-state index contributed by atoms with van der Waals surface area (Å²) in [4.78, 5) is 25.8. The minimum atomic E-state index is -0.654. The van der Waals surface area contributed by atoms with Crippen LogP contribution in [0, 0.1) is 0 Å². The second-order valence-corrected chi connectivity index (χ2v) is 7.52. The van der Waals surface area contributed by atoms with Gasteiger partial charge in [0, 0.05) is 30.0 Å². The van der Waals surface area contributed by atoms with E-state index in [-0.39, 0.29) is 0 Å². The maximum absolute atomic E-state index is 12.3. The van der Waals surface area contributed by atoms with Crippen LogP contribution in [0.25, 0.3) is 5.69 Å². The molecule has 1 aromatic carbocycles. The van der Waals surface area contributed by atoms with Crippen molar-refractivity contribution in [3.63, 3.8) is 0 Å². The highest BCUT2D eigenvalue weighted by atomic mass is 32.2. The average molecular weight is 374 g/mol. The highest BCUT2D eigenvalue weighted by molar-refractivity contribution is 7.98. The molecule has 1 aromatic heterocycles. The fourth-order valence-electron chi connectivity index (χ4n) is 2.79. The van der Waals surface area contributed by atoms with E-state index in [1.165, 1.54) is 4.90 Å². The minimum absolute atomic E-state index is 0.489. The van der Waals surface area contributed by atoms with Crippen LogP contribution >= 0.6 is 11.8 Å². The van der Waals surface area contributed by atoms with Crippen molar-refractivity contribution in [2.24, 2.45) is 0 Å². The van der Waals surface area contributed by atoms with Gasteiger partial charge in [0.1, 0.15) is 5.82 Å². The Morgan fingerprint density at radius 3 is 2.69 bits per heavy atom. The molecule has 0 aliphatic carbocycles. The zero-order valence-electron chi connectivity index (χ0n) is 15.0. The number of benzene rings is 1. The summed E-state index contributed by atoms with van der Waals surface area (Å²) in [5.41, 5.74) is 2.82. The molecular formula is C18H24N5O2S+. The lowest BCUT2D eigenvalue weighted by Crippen LogP contribution is -3.05. The Balaban J connectivity index is 1.71. The van der Waals surface area contributed by atoms with E-state index in [0.29, 0.717) is 12.4 Å². The second kappa shape index (κ2) is 8.37. The Kier molecular flexibility index (Phi) is 5.95. The normalized spacial score (nSPS) is 12.9. The SMILES string of the molecule is C[NH+](C)CCCNC(=O)C(=O)Nc1c2c(nn1-c1ccccc1)CSC2. The van der Waals surface area contributed by atoms with Crippen LogP contribution in [0.3, 0.4) is 0 Å². The molecule has 1 aliphatic heterocycles. The lowest BCUT2D eigenvalue weighted by Gasteiger charge is -2.11. The fraction of sp³-hybridized carbons (Fsp3) is 0.389. The number of quaternary nitrogens is 1. The molecule has 0 unspecified atom stereocenters. The van der Waals surface area contributed by atoms with Crippen LogP contribution in [0.4, 0.5) is 5.82 Å². The quantitative estimate of drug-likeness (QED) is 0.499. The third-order valence-corrected chi connectivity index (χ3v) is 5.10. The Morgan fingerprint density at radius 2 is 1.96 bits per heavy atom. The standard InChI is InChI=1S/C18H23N5O2S/c1-22(2)10-6-9-19-17(24)18(25)20-16-14-11-26-12-15(14)21-23(16)13-7-4-3-5-8-13/h3-5,7-8H,6,9-12H2,1-2H3,(H,19,24)(H,20,25)/p+1. The number of rotatable bonds is 6. The minimum Gasteiger partial charge on any atom is -0.348 e. The van der Waals surface area contributed by atoms with Crippen molar-refractivity contribution in [3.05, 3.63) is 41.6 Å². The van der Waals surface area contributed by atoms with E-state index in [4.69, 9.17) is 0 Å². The number of anilines is 1. The zero-order valence-corrected chi connectivity index (χ0v) is 15.9. The number of aromatic nitrogens is 2. The maximum atomic E-state index is 12.3. The third-order valence-electron chi connectivity index (χ3n) is 4.13. The molecule has 8 heteroatoms. The first-order valence-corrected chi connectivity index (χ1v) is 9.84. The van der Waals surface area contributed by atoms with Gasteiger partial charge in [0.2, 0.25) is 0 Å². The summed E-state index contributed by atoms with van der Waals surface area (Å²) in [5.74, 6) is 0.925. The first-order chi connectivity index (χ1) is 12.6. The topological polar surface area (TPSA) is 80.5 Å². The van der Waals surface area contributed by atoms with Gasteiger partial charge in [-0.1, -0.05) is 18.2 Å². The van der Waals surface area contributed by atoms with Crippen LogP contribution < -0.4 is 15.5 Å². The molecular weight excluding hydrogens is 350 g/mol. The van der Waals surface area contributed by atoms with Crippen molar-refractivity contribution >= 4 is 29.4 Å². The van der Waals surface area contributed by atoms with Gasteiger partial charge in [0.25, 0.3) is 0 Å². The number of carbonyl (C=O) groups is 2. The molecule has 0 spiro atoms. The van der Waals surface area contributed by atoms with Gasteiger partial charge in [-0.05, 0) is 12.1 Å². The van der Waals surface area contributed by atoms with Gasteiger partial charge in [-0.15, -0.1) is 0 Å². The van der Waals surface area contributed by atoms with E-state index in [1.807, 2.05) is 30.3 Å². The predicted octanol–water partition coefficient (Wildman–Crippen LogP) is 0.208. The molecule has 0 saturated carbocycles. The van der Waals surface area contributed by atoms with Gasteiger partial charge >= 0.3 is 11.8 Å².